The second-order valence-electron chi connectivity index (χ2n) is 4.08. The number of aryl methyl sites for hydroxylation is 1. The van der Waals surface area contributed by atoms with Crippen molar-refractivity contribution in [1.82, 2.24) is 9.55 Å². The standard InChI is InChI=1S/C14H16N2O2S2/c1-3-10-8-15-14(20-9-13(17)18)16(10)11-6-4-5-7-12(11)19-2/h4-8H,3,9H2,1-2H3,(H,17,18). The predicted octanol–water partition coefficient (Wildman–Crippen LogP) is 3.33. The van der Waals surface area contributed by atoms with Crippen LogP contribution in [-0.4, -0.2) is 32.6 Å². The number of nitrogens with zero attached hydrogens (tertiary/aromatic N) is 2. The van der Waals surface area contributed by atoms with E-state index in [1.807, 2.05) is 30.7 Å². The van der Waals surface area contributed by atoms with Crippen LogP contribution in [0.5, 0.6) is 0 Å². The van der Waals surface area contributed by atoms with Gasteiger partial charge in [-0.25, -0.2) is 4.98 Å². The average molecular weight is 308 g/mol. The molecule has 1 heterocycles. The smallest absolute Gasteiger partial charge is 0.313 e. The first-order chi connectivity index (χ1) is 9.67. The lowest BCUT2D eigenvalue weighted by molar-refractivity contribution is -0.133. The molecule has 0 saturated heterocycles. The molecular formula is C14H16N2O2S2. The molecule has 0 fully saturated rings. The molecule has 0 aliphatic carbocycles. The van der Waals surface area contributed by atoms with Gasteiger partial charge in [-0.05, 0) is 24.8 Å². The zero-order chi connectivity index (χ0) is 14.5. The molecule has 0 spiro atoms. The molecule has 0 aliphatic heterocycles. The van der Waals surface area contributed by atoms with Crippen LogP contribution in [0.3, 0.4) is 0 Å². The minimum Gasteiger partial charge on any atom is -0.481 e. The van der Waals surface area contributed by atoms with E-state index >= 15 is 0 Å². The average Bonchev–Trinajstić information content (AvgIpc) is 2.87. The molecular weight excluding hydrogens is 292 g/mol. The number of carboxylic acids is 1. The maximum Gasteiger partial charge on any atom is 0.313 e. The first kappa shape index (κ1) is 15.0. The van der Waals surface area contributed by atoms with E-state index in [0.29, 0.717) is 0 Å². The van der Waals surface area contributed by atoms with E-state index in [4.69, 9.17) is 5.11 Å². The maximum atomic E-state index is 10.8. The molecule has 4 nitrogen and oxygen atoms in total. The highest BCUT2D eigenvalue weighted by atomic mass is 32.2. The fourth-order valence-electron chi connectivity index (χ4n) is 1.92. The highest BCUT2D eigenvalue weighted by molar-refractivity contribution is 7.99. The van der Waals surface area contributed by atoms with Crippen molar-refractivity contribution in [3.63, 3.8) is 0 Å². The number of imidazole rings is 1. The molecule has 0 saturated carbocycles. The largest absolute Gasteiger partial charge is 0.481 e. The van der Waals surface area contributed by atoms with Crippen LogP contribution < -0.4 is 0 Å². The van der Waals surface area contributed by atoms with Crippen molar-refractivity contribution >= 4 is 29.5 Å². The van der Waals surface area contributed by atoms with Gasteiger partial charge in [-0.3, -0.25) is 9.36 Å². The Hall–Kier alpha value is -1.40. The van der Waals surface area contributed by atoms with E-state index in [1.165, 1.54) is 11.8 Å². The fourth-order valence-corrected chi connectivity index (χ4v) is 3.23. The number of carboxylic acid groups (broad SMARTS) is 1. The molecule has 0 bridgehead atoms. The van der Waals surface area contributed by atoms with Crippen molar-refractivity contribution in [3.05, 3.63) is 36.2 Å². The molecule has 1 aromatic heterocycles. The molecule has 0 aliphatic rings. The quantitative estimate of drug-likeness (QED) is 0.830. The first-order valence-electron chi connectivity index (χ1n) is 6.22. The molecule has 0 amide bonds. The summed E-state index contributed by atoms with van der Waals surface area (Å²) in [5.41, 5.74) is 2.14. The lowest BCUT2D eigenvalue weighted by Crippen LogP contribution is -2.05. The molecule has 0 atom stereocenters. The lowest BCUT2D eigenvalue weighted by atomic mass is 10.3. The monoisotopic (exact) mass is 308 g/mol. The number of hydrogen-bond donors (Lipinski definition) is 1. The molecule has 1 N–H and O–H groups in total. The summed E-state index contributed by atoms with van der Waals surface area (Å²) in [4.78, 5) is 16.3. The zero-order valence-corrected chi connectivity index (χ0v) is 13.0. The van der Waals surface area contributed by atoms with Crippen molar-refractivity contribution in [2.75, 3.05) is 12.0 Å². The number of carbonyl (C=O) groups is 1. The molecule has 1 aromatic carbocycles. The van der Waals surface area contributed by atoms with Crippen LogP contribution in [-0.2, 0) is 11.2 Å². The van der Waals surface area contributed by atoms with Gasteiger partial charge in [0, 0.05) is 16.8 Å². The lowest BCUT2D eigenvalue weighted by Gasteiger charge is -2.13. The summed E-state index contributed by atoms with van der Waals surface area (Å²) >= 11 is 2.92. The highest BCUT2D eigenvalue weighted by Crippen LogP contribution is 2.29. The van der Waals surface area contributed by atoms with E-state index in [0.717, 1.165) is 27.9 Å². The topological polar surface area (TPSA) is 55.1 Å². The van der Waals surface area contributed by atoms with Crippen LogP contribution in [0.1, 0.15) is 12.6 Å². The number of hydrogen-bond acceptors (Lipinski definition) is 4. The van der Waals surface area contributed by atoms with Gasteiger partial charge in [0.2, 0.25) is 0 Å². The summed E-state index contributed by atoms with van der Waals surface area (Å²) in [5.74, 6) is -0.817. The van der Waals surface area contributed by atoms with Crippen LogP contribution >= 0.6 is 23.5 Å². The minimum atomic E-state index is -0.833. The van der Waals surface area contributed by atoms with Gasteiger partial charge in [-0.1, -0.05) is 30.8 Å². The number of rotatable bonds is 6. The SMILES string of the molecule is CCc1cnc(SCC(=O)O)n1-c1ccccc1SC. The van der Waals surface area contributed by atoms with Gasteiger partial charge in [0.15, 0.2) is 5.16 Å². The Labute approximate surface area is 126 Å². The predicted molar refractivity (Wildman–Crippen MR) is 83.1 cm³/mol. The van der Waals surface area contributed by atoms with Crippen molar-refractivity contribution < 1.29 is 9.90 Å². The highest BCUT2D eigenvalue weighted by Gasteiger charge is 2.14. The normalized spacial score (nSPS) is 10.7. The van der Waals surface area contributed by atoms with Crippen molar-refractivity contribution in [1.29, 1.82) is 0 Å². The van der Waals surface area contributed by atoms with E-state index in [-0.39, 0.29) is 5.75 Å². The summed E-state index contributed by atoms with van der Waals surface area (Å²) < 4.78 is 2.06. The zero-order valence-electron chi connectivity index (χ0n) is 11.4. The van der Waals surface area contributed by atoms with Crippen LogP contribution in [0.15, 0.2) is 40.5 Å². The number of aromatic nitrogens is 2. The molecule has 0 radical (unpaired) electrons. The Morgan fingerprint density at radius 3 is 2.80 bits per heavy atom. The molecule has 0 unspecified atom stereocenters. The number of benzene rings is 1. The third kappa shape index (κ3) is 3.19. The third-order valence-electron chi connectivity index (χ3n) is 2.82. The van der Waals surface area contributed by atoms with E-state index in [2.05, 4.69) is 22.5 Å². The van der Waals surface area contributed by atoms with Gasteiger partial charge in [0.25, 0.3) is 0 Å². The second-order valence-corrected chi connectivity index (χ2v) is 5.87. The molecule has 2 rings (SSSR count). The molecule has 106 valence electrons. The first-order valence-corrected chi connectivity index (χ1v) is 8.43. The van der Waals surface area contributed by atoms with Gasteiger partial charge in [0.05, 0.1) is 11.4 Å². The Bertz CT molecular complexity index is 611. The van der Waals surface area contributed by atoms with Gasteiger partial charge < -0.3 is 5.11 Å². The van der Waals surface area contributed by atoms with Gasteiger partial charge in [0.1, 0.15) is 0 Å². The van der Waals surface area contributed by atoms with Crippen LogP contribution in [0.25, 0.3) is 5.69 Å². The number of thioether (sulfide) groups is 2. The summed E-state index contributed by atoms with van der Waals surface area (Å²) in [6.45, 7) is 2.07. The van der Waals surface area contributed by atoms with Gasteiger partial charge >= 0.3 is 5.97 Å². The molecule has 2 aromatic rings. The number of aliphatic carboxylic acids is 1. The van der Waals surface area contributed by atoms with Crippen LogP contribution in [0, 0.1) is 0 Å². The Morgan fingerprint density at radius 2 is 2.15 bits per heavy atom. The Kier molecular flexibility index (Phi) is 5.14. The van der Waals surface area contributed by atoms with Crippen LogP contribution in [0.2, 0.25) is 0 Å². The minimum absolute atomic E-state index is 0.0155. The second kappa shape index (κ2) is 6.85. The summed E-state index contributed by atoms with van der Waals surface area (Å²) in [6.07, 6.45) is 4.70. The number of para-hydroxylation sites is 1. The summed E-state index contributed by atoms with van der Waals surface area (Å²) in [5, 5.41) is 9.57. The van der Waals surface area contributed by atoms with Crippen molar-refractivity contribution in [2.45, 2.75) is 23.4 Å². The molecule has 20 heavy (non-hydrogen) atoms. The summed E-state index contributed by atoms with van der Waals surface area (Å²) in [7, 11) is 0. The van der Waals surface area contributed by atoms with E-state index in [9.17, 15) is 4.79 Å². The molecule has 6 heteroatoms. The maximum absolute atomic E-state index is 10.8. The Morgan fingerprint density at radius 1 is 1.40 bits per heavy atom. The van der Waals surface area contributed by atoms with Gasteiger partial charge in [-0.2, -0.15) is 0 Å². The Balaban J connectivity index is 2.47. The van der Waals surface area contributed by atoms with E-state index in [1.54, 1.807) is 11.8 Å². The van der Waals surface area contributed by atoms with Crippen molar-refractivity contribution in [3.8, 4) is 5.69 Å². The van der Waals surface area contributed by atoms with E-state index < -0.39 is 5.97 Å². The fraction of sp³-hybridized carbons (Fsp3) is 0.286. The van der Waals surface area contributed by atoms with Crippen molar-refractivity contribution in [2.24, 2.45) is 0 Å². The van der Waals surface area contributed by atoms with Crippen LogP contribution in [0.4, 0.5) is 0 Å². The third-order valence-corrected chi connectivity index (χ3v) is 4.54. The summed E-state index contributed by atoms with van der Waals surface area (Å²) in [6, 6.07) is 8.09. The van der Waals surface area contributed by atoms with Gasteiger partial charge in [-0.15, -0.1) is 11.8 Å².